The summed E-state index contributed by atoms with van der Waals surface area (Å²) in [6.07, 6.45) is -0.713. The minimum Gasteiger partial charge on any atom is -0.494 e. The number of amides is 1. The van der Waals surface area contributed by atoms with Gasteiger partial charge < -0.3 is 15.2 Å². The number of hydrogen-bond acceptors (Lipinski definition) is 7. The van der Waals surface area contributed by atoms with Gasteiger partial charge in [-0.2, -0.15) is 4.98 Å². The van der Waals surface area contributed by atoms with Crippen LogP contribution in [-0.4, -0.2) is 41.2 Å². The molecule has 0 fully saturated rings. The molecule has 146 valence electrons. The number of fused-ring (bicyclic) bond motifs is 1. The van der Waals surface area contributed by atoms with Crippen molar-refractivity contribution < 1.29 is 14.6 Å². The molecule has 2 aromatic rings. The van der Waals surface area contributed by atoms with Gasteiger partial charge in [-0.25, -0.2) is 4.98 Å². The van der Waals surface area contributed by atoms with Gasteiger partial charge in [-0.1, -0.05) is 33.8 Å². The number of carbonyl (C=O) groups is 1. The molecule has 1 amide bonds. The van der Waals surface area contributed by atoms with E-state index < -0.39 is 6.10 Å². The summed E-state index contributed by atoms with van der Waals surface area (Å²) >= 11 is 0. The number of anilines is 2. The van der Waals surface area contributed by atoms with Crippen LogP contribution in [0.4, 0.5) is 11.8 Å². The molecule has 0 radical (unpaired) electrons. The summed E-state index contributed by atoms with van der Waals surface area (Å²) in [4.78, 5) is 20.3. The normalized spacial score (nSPS) is 10.5. The van der Waals surface area contributed by atoms with Gasteiger partial charge in [0.25, 0.3) is 0 Å². The van der Waals surface area contributed by atoms with Crippen molar-refractivity contribution in [3.05, 3.63) is 18.2 Å². The molecule has 1 unspecified atom stereocenters. The van der Waals surface area contributed by atoms with Crippen LogP contribution in [0.1, 0.15) is 41.0 Å². The number of ether oxygens (including phenoxy) is 1. The van der Waals surface area contributed by atoms with Crippen LogP contribution in [0.3, 0.4) is 0 Å². The second kappa shape index (κ2) is 12.7. The average Bonchev–Trinajstić information content (AvgIpc) is 2.67. The molecule has 8 heteroatoms. The van der Waals surface area contributed by atoms with Crippen LogP contribution in [0.2, 0.25) is 0 Å². The van der Waals surface area contributed by atoms with Gasteiger partial charge in [0.1, 0.15) is 11.3 Å². The van der Waals surface area contributed by atoms with Gasteiger partial charge in [-0.05, 0) is 19.1 Å². The first-order valence-corrected chi connectivity index (χ1v) is 8.80. The lowest BCUT2D eigenvalue weighted by molar-refractivity contribution is -0.122. The number of para-hydroxylation sites is 1. The Morgan fingerprint density at radius 3 is 2.42 bits per heavy atom. The van der Waals surface area contributed by atoms with Gasteiger partial charge in [0, 0.05) is 12.4 Å². The number of nitrogens with zero attached hydrogens (tertiary/aromatic N) is 2. The lowest BCUT2D eigenvalue weighted by atomic mass is 10.2. The first-order chi connectivity index (χ1) is 12.5. The molecule has 2 rings (SSSR count). The molecule has 1 atom stereocenters. The average molecular weight is 365 g/mol. The van der Waals surface area contributed by atoms with Crippen molar-refractivity contribution in [3.8, 4) is 5.75 Å². The molecule has 0 aliphatic carbocycles. The molecule has 0 aliphatic rings. The number of benzene rings is 1. The van der Waals surface area contributed by atoms with Crippen molar-refractivity contribution in [2.24, 2.45) is 0 Å². The fraction of sp³-hybridized carbons (Fsp3) is 0.500. The molecular weight excluding hydrogens is 334 g/mol. The van der Waals surface area contributed by atoms with E-state index in [2.05, 4.69) is 26.1 Å². The van der Waals surface area contributed by atoms with E-state index in [9.17, 15) is 9.90 Å². The van der Waals surface area contributed by atoms with Crippen LogP contribution >= 0.6 is 0 Å². The Hall–Kier alpha value is -2.61. The van der Waals surface area contributed by atoms with Crippen LogP contribution in [0.25, 0.3) is 10.9 Å². The molecule has 0 saturated heterocycles. The second-order valence-electron chi connectivity index (χ2n) is 4.73. The predicted molar refractivity (Wildman–Crippen MR) is 106 cm³/mol. The molecule has 4 N–H and O–H groups in total. The van der Waals surface area contributed by atoms with Gasteiger partial charge in [0.15, 0.2) is 5.82 Å². The maximum atomic E-state index is 11.6. The Labute approximate surface area is 155 Å². The molecule has 26 heavy (non-hydrogen) atoms. The zero-order chi connectivity index (χ0) is 20.1. The smallest absolute Gasteiger partial charge is 0.240 e. The number of hydrogen-bond donors (Lipinski definition) is 4. The maximum absolute atomic E-state index is 11.6. The van der Waals surface area contributed by atoms with Gasteiger partial charge in [-0.15, -0.1) is 0 Å². The van der Waals surface area contributed by atoms with Crippen LogP contribution in [0.5, 0.6) is 5.75 Å². The summed E-state index contributed by atoms with van der Waals surface area (Å²) in [6.45, 7) is 9.55. The Balaban J connectivity index is 0.00000146. The lowest BCUT2D eigenvalue weighted by Crippen LogP contribution is -2.32. The van der Waals surface area contributed by atoms with Gasteiger partial charge in [-0.3, -0.25) is 15.6 Å². The molecule has 0 saturated carbocycles. The van der Waals surface area contributed by atoms with Crippen LogP contribution < -0.4 is 20.9 Å². The van der Waals surface area contributed by atoms with E-state index in [0.29, 0.717) is 28.4 Å². The molecule has 0 spiro atoms. The van der Waals surface area contributed by atoms with E-state index in [1.165, 1.54) is 0 Å². The summed E-state index contributed by atoms with van der Waals surface area (Å²) in [6, 6.07) is 5.43. The molecular formula is C18H31N5O3. The van der Waals surface area contributed by atoms with Gasteiger partial charge in [0.05, 0.1) is 19.6 Å². The molecule has 1 aromatic heterocycles. The number of hydrazine groups is 1. The van der Waals surface area contributed by atoms with Crippen LogP contribution in [0, 0.1) is 0 Å². The summed E-state index contributed by atoms with van der Waals surface area (Å²) in [7, 11) is 3.26. The quantitative estimate of drug-likeness (QED) is 0.583. The lowest BCUT2D eigenvalue weighted by Gasteiger charge is -2.13. The highest BCUT2D eigenvalue weighted by molar-refractivity contribution is 5.94. The van der Waals surface area contributed by atoms with Gasteiger partial charge >= 0.3 is 0 Å². The number of aliphatic hydroxyl groups excluding tert-OH is 1. The Bertz CT molecular complexity index is 677. The summed E-state index contributed by atoms with van der Waals surface area (Å²) in [5.74, 6) is 1.10. The minimum atomic E-state index is -0.711. The van der Waals surface area contributed by atoms with E-state index in [1.54, 1.807) is 27.1 Å². The standard InChI is InChI=1S/C14H19N5O3.2C2H6/c1-8(20)7-11(21)18-19-13-9-5-4-6-10(22-3)12(9)16-14(15-2)17-13;2*1-2/h4-6,8,20H,7H2,1-3H3,(H,18,21)(H2,15,16,17,19);2*1-2H3. The van der Waals surface area contributed by atoms with E-state index in [1.807, 2.05) is 39.8 Å². The van der Waals surface area contributed by atoms with Crippen molar-refractivity contribution >= 4 is 28.6 Å². The van der Waals surface area contributed by atoms with Crippen molar-refractivity contribution in [2.45, 2.75) is 47.1 Å². The fourth-order valence-corrected chi connectivity index (χ4v) is 1.95. The highest BCUT2D eigenvalue weighted by atomic mass is 16.5. The zero-order valence-electron chi connectivity index (χ0n) is 16.7. The van der Waals surface area contributed by atoms with Crippen molar-refractivity contribution in [1.82, 2.24) is 15.4 Å². The third-order valence-corrected chi connectivity index (χ3v) is 2.93. The number of nitrogens with one attached hydrogen (secondary N) is 3. The first-order valence-electron chi connectivity index (χ1n) is 8.80. The van der Waals surface area contributed by atoms with E-state index >= 15 is 0 Å². The van der Waals surface area contributed by atoms with Crippen LogP contribution in [0.15, 0.2) is 18.2 Å². The van der Waals surface area contributed by atoms with E-state index in [-0.39, 0.29) is 12.3 Å². The number of rotatable bonds is 6. The monoisotopic (exact) mass is 365 g/mol. The van der Waals surface area contributed by atoms with Crippen LogP contribution in [-0.2, 0) is 4.79 Å². The number of aromatic nitrogens is 2. The summed E-state index contributed by atoms with van der Waals surface area (Å²) in [5, 5.41) is 12.8. The number of carbonyl (C=O) groups excluding carboxylic acids is 1. The van der Waals surface area contributed by atoms with E-state index in [0.717, 1.165) is 0 Å². The Morgan fingerprint density at radius 2 is 1.88 bits per heavy atom. The largest absolute Gasteiger partial charge is 0.494 e. The molecule has 0 aliphatic heterocycles. The summed E-state index contributed by atoms with van der Waals surface area (Å²) < 4.78 is 5.29. The van der Waals surface area contributed by atoms with Crippen molar-refractivity contribution in [2.75, 3.05) is 24.9 Å². The predicted octanol–water partition coefficient (Wildman–Crippen LogP) is 2.95. The molecule has 0 bridgehead atoms. The summed E-state index contributed by atoms with van der Waals surface area (Å²) in [5.41, 5.74) is 5.89. The van der Waals surface area contributed by atoms with Gasteiger partial charge in [0.2, 0.25) is 11.9 Å². The third kappa shape index (κ3) is 6.72. The topological polar surface area (TPSA) is 108 Å². The maximum Gasteiger partial charge on any atom is 0.240 e. The molecule has 1 aromatic carbocycles. The highest BCUT2D eigenvalue weighted by Crippen LogP contribution is 2.28. The van der Waals surface area contributed by atoms with E-state index in [4.69, 9.17) is 4.74 Å². The molecule has 1 heterocycles. The Morgan fingerprint density at radius 1 is 1.23 bits per heavy atom. The fourth-order valence-electron chi connectivity index (χ4n) is 1.95. The number of methoxy groups -OCH3 is 1. The highest BCUT2D eigenvalue weighted by Gasteiger charge is 2.12. The van der Waals surface area contributed by atoms with Crippen molar-refractivity contribution in [1.29, 1.82) is 0 Å². The Kier molecular flexibility index (Phi) is 11.4. The third-order valence-electron chi connectivity index (χ3n) is 2.93. The SMILES string of the molecule is CC.CC.CNc1nc(NNC(=O)CC(C)O)c2cccc(OC)c2n1. The first kappa shape index (κ1) is 23.4. The van der Waals surface area contributed by atoms with Crippen molar-refractivity contribution in [3.63, 3.8) is 0 Å². The zero-order valence-corrected chi connectivity index (χ0v) is 16.7. The molecule has 8 nitrogen and oxygen atoms in total. The minimum absolute atomic E-state index is 0.00176. The number of aliphatic hydroxyl groups is 1. The second-order valence-corrected chi connectivity index (χ2v) is 4.73.